The average Bonchev–Trinajstić information content (AvgIpc) is 2.32. The summed E-state index contributed by atoms with van der Waals surface area (Å²) in [6.45, 7) is 3.93. The van der Waals surface area contributed by atoms with E-state index in [4.69, 9.17) is 22.1 Å². The van der Waals surface area contributed by atoms with E-state index in [2.05, 4.69) is 4.98 Å². The number of pyridine rings is 1. The maximum Gasteiger partial charge on any atom is 0.145 e. The van der Waals surface area contributed by atoms with E-state index in [9.17, 15) is 0 Å². The van der Waals surface area contributed by atoms with Crippen LogP contribution in [-0.2, 0) is 6.42 Å². The Balaban J connectivity index is 2.18. The number of hydrogen-bond acceptors (Lipinski definition) is 3. The quantitative estimate of drug-likeness (QED) is 0.926. The molecule has 0 bridgehead atoms. The van der Waals surface area contributed by atoms with Crippen molar-refractivity contribution in [1.82, 2.24) is 4.98 Å². The lowest BCUT2D eigenvalue weighted by atomic mass is 10.1. The van der Waals surface area contributed by atoms with E-state index in [1.807, 2.05) is 44.3 Å². The fourth-order valence-electron chi connectivity index (χ4n) is 1.86. The van der Waals surface area contributed by atoms with Gasteiger partial charge in [0, 0.05) is 17.3 Å². The molecule has 0 saturated carbocycles. The topological polar surface area (TPSA) is 48.1 Å². The Labute approximate surface area is 118 Å². The minimum Gasteiger partial charge on any atom is -0.455 e. The summed E-state index contributed by atoms with van der Waals surface area (Å²) < 4.78 is 5.82. The number of nitrogens with zero attached hydrogens (tertiary/aromatic N) is 1. The molecule has 4 heteroatoms. The summed E-state index contributed by atoms with van der Waals surface area (Å²) in [4.78, 5) is 4.17. The number of rotatable bonds is 4. The first kappa shape index (κ1) is 13.8. The summed E-state index contributed by atoms with van der Waals surface area (Å²) in [7, 11) is 0. The number of benzene rings is 1. The highest BCUT2D eigenvalue weighted by Crippen LogP contribution is 2.27. The molecule has 0 radical (unpaired) electrons. The number of nitrogens with two attached hydrogens (primary N) is 1. The maximum atomic E-state index is 5.92. The molecule has 1 aromatic heterocycles. The highest BCUT2D eigenvalue weighted by atomic mass is 35.5. The van der Waals surface area contributed by atoms with Gasteiger partial charge in [-0.2, -0.15) is 0 Å². The van der Waals surface area contributed by atoms with Crippen molar-refractivity contribution < 1.29 is 4.74 Å². The Morgan fingerprint density at radius 2 is 2.11 bits per heavy atom. The largest absolute Gasteiger partial charge is 0.455 e. The van der Waals surface area contributed by atoms with Gasteiger partial charge in [-0.15, -0.1) is 0 Å². The molecule has 19 heavy (non-hydrogen) atoms. The second-order valence-electron chi connectivity index (χ2n) is 4.72. The van der Waals surface area contributed by atoms with Crippen molar-refractivity contribution in [3.8, 4) is 11.5 Å². The lowest BCUT2D eigenvalue weighted by Crippen LogP contribution is -2.17. The van der Waals surface area contributed by atoms with Crippen LogP contribution in [0.5, 0.6) is 11.5 Å². The van der Waals surface area contributed by atoms with Crippen LogP contribution in [0.2, 0.25) is 5.02 Å². The zero-order valence-corrected chi connectivity index (χ0v) is 11.8. The summed E-state index contributed by atoms with van der Waals surface area (Å²) in [6, 6.07) is 7.61. The van der Waals surface area contributed by atoms with Gasteiger partial charge in [0.25, 0.3) is 0 Å². The van der Waals surface area contributed by atoms with Crippen molar-refractivity contribution >= 4 is 11.6 Å². The van der Waals surface area contributed by atoms with Crippen molar-refractivity contribution in [2.45, 2.75) is 26.3 Å². The third kappa shape index (κ3) is 3.94. The number of hydrogen-bond donors (Lipinski definition) is 1. The van der Waals surface area contributed by atoms with Gasteiger partial charge in [-0.1, -0.05) is 11.6 Å². The minimum absolute atomic E-state index is 0.106. The summed E-state index contributed by atoms with van der Waals surface area (Å²) in [6.07, 6.45) is 4.29. The van der Waals surface area contributed by atoms with Crippen LogP contribution in [0.15, 0.2) is 36.7 Å². The first-order valence-corrected chi connectivity index (χ1v) is 6.56. The fourth-order valence-corrected chi connectivity index (χ4v) is 2.08. The highest BCUT2D eigenvalue weighted by Gasteiger charge is 2.05. The van der Waals surface area contributed by atoms with E-state index >= 15 is 0 Å². The number of aryl methyl sites for hydroxylation is 1. The Hall–Kier alpha value is -1.58. The van der Waals surface area contributed by atoms with E-state index < -0.39 is 0 Å². The molecule has 0 aliphatic carbocycles. The molecule has 2 rings (SSSR count). The van der Waals surface area contributed by atoms with Crippen LogP contribution in [0.1, 0.15) is 18.1 Å². The van der Waals surface area contributed by atoms with E-state index in [1.54, 1.807) is 6.20 Å². The monoisotopic (exact) mass is 276 g/mol. The van der Waals surface area contributed by atoms with Gasteiger partial charge in [0.05, 0.1) is 6.20 Å². The SMILES string of the molecule is Cc1cc(Cl)ccc1Oc1cncc(CC(C)N)c1. The van der Waals surface area contributed by atoms with Crippen LogP contribution in [0, 0.1) is 6.92 Å². The third-order valence-electron chi connectivity index (χ3n) is 2.69. The van der Waals surface area contributed by atoms with Gasteiger partial charge < -0.3 is 10.5 Å². The summed E-state index contributed by atoms with van der Waals surface area (Å²) >= 11 is 5.92. The summed E-state index contributed by atoms with van der Waals surface area (Å²) in [5, 5.41) is 0.702. The van der Waals surface area contributed by atoms with Crippen LogP contribution in [0.4, 0.5) is 0 Å². The normalized spacial score (nSPS) is 12.2. The molecule has 0 spiro atoms. The zero-order valence-electron chi connectivity index (χ0n) is 11.1. The molecule has 3 nitrogen and oxygen atoms in total. The molecular weight excluding hydrogens is 260 g/mol. The Morgan fingerprint density at radius 1 is 1.32 bits per heavy atom. The molecule has 0 aliphatic rings. The summed E-state index contributed by atoms with van der Waals surface area (Å²) in [5.41, 5.74) is 7.84. The first-order valence-electron chi connectivity index (χ1n) is 6.18. The van der Waals surface area contributed by atoms with Crippen LogP contribution in [-0.4, -0.2) is 11.0 Å². The molecule has 0 amide bonds. The van der Waals surface area contributed by atoms with E-state index in [0.29, 0.717) is 10.8 Å². The lowest BCUT2D eigenvalue weighted by molar-refractivity contribution is 0.475. The van der Waals surface area contributed by atoms with Crippen molar-refractivity contribution in [2.75, 3.05) is 0 Å². The van der Waals surface area contributed by atoms with Crippen molar-refractivity contribution in [2.24, 2.45) is 5.73 Å². The predicted octanol–water partition coefficient (Wildman–Crippen LogP) is 3.73. The lowest BCUT2D eigenvalue weighted by Gasteiger charge is -2.10. The molecule has 2 N–H and O–H groups in total. The Bertz CT molecular complexity index is 570. The van der Waals surface area contributed by atoms with Gasteiger partial charge in [-0.25, -0.2) is 0 Å². The Kier molecular flexibility index (Phi) is 4.40. The molecule has 1 aromatic carbocycles. The maximum absolute atomic E-state index is 5.92. The van der Waals surface area contributed by atoms with Crippen molar-refractivity contribution in [3.05, 3.63) is 52.8 Å². The molecule has 1 unspecified atom stereocenters. The smallest absolute Gasteiger partial charge is 0.145 e. The first-order chi connectivity index (χ1) is 9.04. The van der Waals surface area contributed by atoms with Gasteiger partial charge in [-0.05, 0) is 55.7 Å². The van der Waals surface area contributed by atoms with Gasteiger partial charge in [0.15, 0.2) is 0 Å². The predicted molar refractivity (Wildman–Crippen MR) is 77.9 cm³/mol. The average molecular weight is 277 g/mol. The molecule has 1 atom stereocenters. The van der Waals surface area contributed by atoms with Gasteiger partial charge in [0.2, 0.25) is 0 Å². The second-order valence-corrected chi connectivity index (χ2v) is 5.16. The van der Waals surface area contributed by atoms with Gasteiger partial charge in [-0.3, -0.25) is 4.98 Å². The second kappa shape index (κ2) is 6.04. The molecule has 0 saturated heterocycles. The molecular formula is C15H17ClN2O. The van der Waals surface area contributed by atoms with Gasteiger partial charge in [0.1, 0.15) is 11.5 Å². The number of ether oxygens (including phenoxy) is 1. The molecule has 0 aliphatic heterocycles. The van der Waals surface area contributed by atoms with Crippen LogP contribution < -0.4 is 10.5 Å². The van der Waals surface area contributed by atoms with E-state index in [1.165, 1.54) is 0 Å². The summed E-state index contributed by atoms with van der Waals surface area (Å²) in [5.74, 6) is 1.49. The minimum atomic E-state index is 0.106. The molecule has 0 fully saturated rings. The zero-order chi connectivity index (χ0) is 13.8. The van der Waals surface area contributed by atoms with E-state index in [-0.39, 0.29) is 6.04 Å². The fraction of sp³-hybridized carbons (Fsp3) is 0.267. The van der Waals surface area contributed by atoms with Crippen molar-refractivity contribution in [3.63, 3.8) is 0 Å². The van der Waals surface area contributed by atoms with Crippen LogP contribution in [0.3, 0.4) is 0 Å². The molecule has 1 heterocycles. The van der Waals surface area contributed by atoms with Crippen LogP contribution in [0.25, 0.3) is 0 Å². The van der Waals surface area contributed by atoms with Gasteiger partial charge >= 0.3 is 0 Å². The van der Waals surface area contributed by atoms with Crippen molar-refractivity contribution in [1.29, 1.82) is 0 Å². The highest BCUT2D eigenvalue weighted by molar-refractivity contribution is 6.30. The number of aromatic nitrogens is 1. The van der Waals surface area contributed by atoms with E-state index in [0.717, 1.165) is 23.3 Å². The standard InChI is InChI=1S/C15H17ClN2O/c1-10-5-13(16)3-4-15(10)19-14-7-12(6-11(2)17)8-18-9-14/h3-5,7-9,11H,6,17H2,1-2H3. The molecule has 2 aromatic rings. The third-order valence-corrected chi connectivity index (χ3v) is 2.93. The number of halogens is 1. The van der Waals surface area contributed by atoms with Crippen LogP contribution >= 0.6 is 11.6 Å². The Morgan fingerprint density at radius 3 is 2.79 bits per heavy atom. The molecule has 100 valence electrons.